The molecule has 0 bridgehead atoms. The lowest BCUT2D eigenvalue weighted by molar-refractivity contribution is -0.132. The number of ether oxygens (including phenoxy) is 1. The number of hydrogen-bond acceptors (Lipinski definition) is 5. The molecule has 1 amide bonds. The van der Waals surface area contributed by atoms with E-state index in [-0.39, 0.29) is 17.0 Å². The predicted octanol–water partition coefficient (Wildman–Crippen LogP) is 4.43. The third-order valence-electron chi connectivity index (χ3n) is 5.61. The lowest BCUT2D eigenvalue weighted by Gasteiger charge is -2.23. The molecule has 5 rings (SSSR count). The standard InChI is InChI=1S/C24H17F2NO5/c1-12-2-6-19(32-12)21-20(22(28)14-3-7-18-13(10-14)8-9-31-18)23(29)24(30)27(21)17-5-4-15(25)11-16(17)26/h2-7,10-11,21,28H,8-9H2,1H3/b22-20-. The molecule has 1 unspecified atom stereocenters. The van der Waals surface area contributed by atoms with E-state index in [9.17, 15) is 23.5 Å². The zero-order valence-electron chi connectivity index (χ0n) is 16.9. The van der Waals surface area contributed by atoms with Gasteiger partial charge in [-0.1, -0.05) is 0 Å². The van der Waals surface area contributed by atoms with Crippen LogP contribution >= 0.6 is 0 Å². The van der Waals surface area contributed by atoms with E-state index in [1.54, 1.807) is 37.3 Å². The van der Waals surface area contributed by atoms with Crippen LogP contribution in [-0.2, 0) is 16.0 Å². The number of Topliss-reactive ketones (excluding diaryl/α,β-unsaturated/α-hetero) is 1. The van der Waals surface area contributed by atoms with Crippen molar-refractivity contribution in [3.63, 3.8) is 0 Å². The molecule has 1 fully saturated rings. The number of halogens is 2. The van der Waals surface area contributed by atoms with Crippen molar-refractivity contribution in [2.45, 2.75) is 19.4 Å². The van der Waals surface area contributed by atoms with Crippen molar-refractivity contribution in [2.24, 2.45) is 0 Å². The summed E-state index contributed by atoms with van der Waals surface area (Å²) >= 11 is 0. The van der Waals surface area contributed by atoms with E-state index in [0.717, 1.165) is 22.6 Å². The van der Waals surface area contributed by atoms with Crippen LogP contribution in [0.1, 0.15) is 28.7 Å². The van der Waals surface area contributed by atoms with Crippen molar-refractivity contribution in [2.75, 3.05) is 11.5 Å². The van der Waals surface area contributed by atoms with Crippen LogP contribution < -0.4 is 9.64 Å². The molecule has 0 saturated carbocycles. The molecular formula is C24H17F2NO5. The van der Waals surface area contributed by atoms with Gasteiger partial charge in [-0.05, 0) is 55.0 Å². The Morgan fingerprint density at radius 2 is 1.91 bits per heavy atom. The average molecular weight is 437 g/mol. The second-order valence-corrected chi connectivity index (χ2v) is 7.63. The molecule has 2 aliphatic heterocycles. The van der Waals surface area contributed by atoms with Crippen LogP contribution in [0, 0.1) is 18.6 Å². The molecular weight excluding hydrogens is 420 g/mol. The third kappa shape index (κ3) is 3.07. The summed E-state index contributed by atoms with van der Waals surface area (Å²) in [7, 11) is 0. The number of anilines is 1. The number of fused-ring (bicyclic) bond motifs is 1. The Kier molecular flexibility index (Phi) is 4.58. The maximum atomic E-state index is 14.6. The Hall–Kier alpha value is -3.94. The van der Waals surface area contributed by atoms with Gasteiger partial charge in [-0.15, -0.1) is 0 Å². The highest BCUT2D eigenvalue weighted by molar-refractivity contribution is 6.51. The summed E-state index contributed by atoms with van der Waals surface area (Å²) in [5.41, 5.74) is 0.638. The van der Waals surface area contributed by atoms with Crippen LogP contribution in [0.15, 0.2) is 58.5 Å². The molecule has 0 aliphatic carbocycles. The summed E-state index contributed by atoms with van der Waals surface area (Å²) in [6.07, 6.45) is 0.645. The second kappa shape index (κ2) is 7.33. The molecule has 162 valence electrons. The summed E-state index contributed by atoms with van der Waals surface area (Å²) in [5.74, 6) is -2.96. The lowest BCUT2D eigenvalue weighted by Crippen LogP contribution is -2.30. The molecule has 8 heteroatoms. The van der Waals surface area contributed by atoms with Crippen molar-refractivity contribution in [1.29, 1.82) is 0 Å². The van der Waals surface area contributed by atoms with E-state index in [1.807, 2.05) is 0 Å². The number of amides is 1. The van der Waals surface area contributed by atoms with Crippen LogP contribution in [0.2, 0.25) is 0 Å². The fraction of sp³-hybridized carbons (Fsp3) is 0.167. The molecule has 32 heavy (non-hydrogen) atoms. The smallest absolute Gasteiger partial charge is 0.300 e. The van der Waals surface area contributed by atoms with Crippen LogP contribution in [0.25, 0.3) is 5.76 Å². The minimum absolute atomic E-state index is 0.163. The van der Waals surface area contributed by atoms with E-state index in [0.29, 0.717) is 36.2 Å². The van der Waals surface area contributed by atoms with Crippen molar-refractivity contribution >= 4 is 23.1 Å². The third-order valence-corrected chi connectivity index (χ3v) is 5.61. The molecule has 2 aliphatic rings. The SMILES string of the molecule is Cc1ccc(C2/C(=C(/O)c3ccc4c(c3)CCO4)C(=O)C(=O)N2c2ccc(F)cc2F)o1. The molecule has 3 aromatic rings. The van der Waals surface area contributed by atoms with Crippen LogP contribution in [-0.4, -0.2) is 23.4 Å². The molecule has 1 atom stereocenters. The van der Waals surface area contributed by atoms with Crippen LogP contribution in [0.4, 0.5) is 14.5 Å². The van der Waals surface area contributed by atoms with Gasteiger partial charge in [0.25, 0.3) is 11.7 Å². The van der Waals surface area contributed by atoms with Gasteiger partial charge in [-0.25, -0.2) is 8.78 Å². The van der Waals surface area contributed by atoms with Gasteiger partial charge >= 0.3 is 0 Å². The van der Waals surface area contributed by atoms with E-state index in [4.69, 9.17) is 9.15 Å². The fourth-order valence-electron chi connectivity index (χ4n) is 4.12. The molecule has 1 aromatic heterocycles. The first-order chi connectivity index (χ1) is 15.3. The summed E-state index contributed by atoms with van der Waals surface area (Å²) in [6, 6.07) is 9.58. The Balaban J connectivity index is 1.71. The van der Waals surface area contributed by atoms with Crippen LogP contribution in [0.3, 0.4) is 0 Å². The monoisotopic (exact) mass is 437 g/mol. The number of nitrogens with zero attached hydrogens (tertiary/aromatic N) is 1. The Bertz CT molecular complexity index is 1310. The number of hydrogen-bond donors (Lipinski definition) is 1. The van der Waals surface area contributed by atoms with Gasteiger partial charge in [0.15, 0.2) is 0 Å². The van der Waals surface area contributed by atoms with Gasteiger partial charge in [0.1, 0.15) is 40.7 Å². The van der Waals surface area contributed by atoms with Crippen molar-refractivity contribution in [1.82, 2.24) is 0 Å². The number of carbonyl (C=O) groups is 2. The molecule has 1 saturated heterocycles. The topological polar surface area (TPSA) is 80.0 Å². The first-order valence-corrected chi connectivity index (χ1v) is 9.93. The molecule has 1 N–H and O–H groups in total. The number of benzene rings is 2. The van der Waals surface area contributed by atoms with E-state index in [2.05, 4.69) is 0 Å². The first-order valence-electron chi connectivity index (χ1n) is 9.93. The molecule has 0 radical (unpaired) electrons. The van der Waals surface area contributed by atoms with Crippen molar-refractivity contribution in [3.8, 4) is 5.75 Å². The molecule has 6 nitrogen and oxygen atoms in total. The number of ketones is 1. The van der Waals surface area contributed by atoms with Crippen molar-refractivity contribution < 1.29 is 32.6 Å². The maximum Gasteiger partial charge on any atom is 0.300 e. The normalized spacial score (nSPS) is 19.3. The Labute approximate surface area is 181 Å². The van der Waals surface area contributed by atoms with Gasteiger partial charge in [0.2, 0.25) is 0 Å². The number of rotatable bonds is 3. The second-order valence-electron chi connectivity index (χ2n) is 7.63. The average Bonchev–Trinajstić information content (AvgIpc) is 3.46. The highest BCUT2D eigenvalue weighted by Crippen LogP contribution is 2.43. The summed E-state index contributed by atoms with van der Waals surface area (Å²) in [6.45, 7) is 2.19. The fourth-order valence-corrected chi connectivity index (χ4v) is 4.12. The highest BCUT2D eigenvalue weighted by atomic mass is 19.1. The number of aliphatic hydroxyl groups excluding tert-OH is 1. The molecule has 3 heterocycles. The Morgan fingerprint density at radius 1 is 1.09 bits per heavy atom. The van der Waals surface area contributed by atoms with Crippen LogP contribution in [0.5, 0.6) is 5.75 Å². The summed E-state index contributed by atoms with van der Waals surface area (Å²) < 4.78 is 39.2. The van der Waals surface area contributed by atoms with Gasteiger partial charge in [0.05, 0.1) is 17.9 Å². The van der Waals surface area contributed by atoms with E-state index in [1.165, 1.54) is 0 Å². The maximum absolute atomic E-state index is 14.6. The predicted molar refractivity (Wildman–Crippen MR) is 110 cm³/mol. The quantitative estimate of drug-likeness (QED) is 0.373. The molecule has 0 spiro atoms. The largest absolute Gasteiger partial charge is 0.507 e. The minimum Gasteiger partial charge on any atom is -0.507 e. The zero-order valence-corrected chi connectivity index (χ0v) is 16.9. The number of aryl methyl sites for hydroxylation is 1. The van der Waals surface area contributed by atoms with E-state index < -0.39 is 35.1 Å². The number of furan rings is 1. The highest BCUT2D eigenvalue weighted by Gasteiger charge is 2.49. The van der Waals surface area contributed by atoms with Crippen molar-refractivity contribution in [3.05, 3.63) is 88.4 Å². The summed E-state index contributed by atoms with van der Waals surface area (Å²) in [5, 5.41) is 11.1. The Morgan fingerprint density at radius 3 is 2.62 bits per heavy atom. The van der Waals surface area contributed by atoms with E-state index >= 15 is 0 Å². The van der Waals surface area contributed by atoms with Gasteiger partial charge < -0.3 is 14.3 Å². The zero-order chi connectivity index (χ0) is 22.6. The van der Waals surface area contributed by atoms with Gasteiger partial charge in [0, 0.05) is 18.1 Å². The minimum atomic E-state index is -1.23. The number of aliphatic hydroxyl groups is 1. The number of carbonyl (C=O) groups excluding carboxylic acids is 2. The van der Waals surface area contributed by atoms with Gasteiger partial charge in [-0.3, -0.25) is 14.5 Å². The van der Waals surface area contributed by atoms with Gasteiger partial charge in [-0.2, -0.15) is 0 Å². The molecule has 2 aromatic carbocycles. The first kappa shape index (κ1) is 20.0. The summed E-state index contributed by atoms with van der Waals surface area (Å²) in [4.78, 5) is 26.9. The lowest BCUT2D eigenvalue weighted by atomic mass is 9.98.